The Labute approximate surface area is 179 Å². The Morgan fingerprint density at radius 3 is 2.76 bits per heavy atom. The molecule has 1 aliphatic heterocycles. The highest BCUT2D eigenvalue weighted by Crippen LogP contribution is 2.26. The minimum absolute atomic E-state index is 0.0990. The zero-order valence-corrected chi connectivity index (χ0v) is 18.1. The van der Waals surface area contributed by atoms with E-state index in [9.17, 15) is 4.79 Å². The first-order valence-electron chi connectivity index (χ1n) is 9.89. The fourth-order valence-corrected chi connectivity index (χ4v) is 4.81. The Balaban J connectivity index is 1.45. The van der Waals surface area contributed by atoms with Gasteiger partial charge < -0.3 is 4.90 Å². The Morgan fingerprint density at radius 1 is 1.17 bits per heavy atom. The summed E-state index contributed by atoms with van der Waals surface area (Å²) >= 11 is 7.02. The van der Waals surface area contributed by atoms with Crippen LogP contribution in [0.15, 0.2) is 47.8 Å². The normalized spacial score (nSPS) is 16.5. The molecule has 3 aromatic rings. The van der Waals surface area contributed by atoms with E-state index in [1.165, 1.54) is 5.56 Å². The standard InChI is InChI=1S/C21H25N5OS2/c1-16(26-19(22-23-21(26)28)18-9-5-14-29-18)20(27)25-11-6-10-24(12-13-25)15-17-7-3-2-4-8-17/h2-5,7-9,14,16H,6,10-13,15H2,1H3,(H,23,28). The van der Waals surface area contributed by atoms with Gasteiger partial charge in [-0.1, -0.05) is 36.4 Å². The van der Waals surface area contributed by atoms with Gasteiger partial charge in [0.2, 0.25) is 5.91 Å². The van der Waals surface area contributed by atoms with Gasteiger partial charge in [0, 0.05) is 32.7 Å². The van der Waals surface area contributed by atoms with E-state index < -0.39 is 0 Å². The van der Waals surface area contributed by atoms with Crippen LogP contribution in [-0.4, -0.2) is 56.7 Å². The fourth-order valence-electron chi connectivity index (χ4n) is 3.81. The van der Waals surface area contributed by atoms with E-state index in [2.05, 4.69) is 39.4 Å². The number of aromatic amines is 1. The van der Waals surface area contributed by atoms with E-state index in [-0.39, 0.29) is 11.9 Å². The number of H-pyrrole nitrogens is 1. The van der Waals surface area contributed by atoms with E-state index >= 15 is 0 Å². The summed E-state index contributed by atoms with van der Waals surface area (Å²) < 4.78 is 2.32. The minimum atomic E-state index is -0.390. The Bertz CT molecular complexity index is 996. The average Bonchev–Trinajstić information content (AvgIpc) is 3.33. The van der Waals surface area contributed by atoms with Crippen molar-refractivity contribution in [2.24, 2.45) is 0 Å². The van der Waals surface area contributed by atoms with E-state index in [1.807, 2.05) is 40.0 Å². The molecule has 8 heteroatoms. The van der Waals surface area contributed by atoms with Gasteiger partial charge in [0.15, 0.2) is 10.6 Å². The number of thiophene rings is 1. The van der Waals surface area contributed by atoms with Crippen molar-refractivity contribution in [1.29, 1.82) is 0 Å². The number of hydrogen-bond donors (Lipinski definition) is 1. The first-order chi connectivity index (χ1) is 14.1. The summed E-state index contributed by atoms with van der Waals surface area (Å²) in [5.41, 5.74) is 1.31. The lowest BCUT2D eigenvalue weighted by molar-refractivity contribution is -0.134. The van der Waals surface area contributed by atoms with Gasteiger partial charge in [0.1, 0.15) is 6.04 Å². The van der Waals surface area contributed by atoms with Crippen LogP contribution < -0.4 is 0 Å². The number of nitrogens with zero attached hydrogens (tertiary/aromatic N) is 4. The van der Waals surface area contributed by atoms with Gasteiger partial charge in [-0.3, -0.25) is 19.4 Å². The van der Waals surface area contributed by atoms with Gasteiger partial charge in [-0.25, -0.2) is 0 Å². The molecular formula is C21H25N5OS2. The third-order valence-corrected chi connectivity index (χ3v) is 6.49. The fraction of sp³-hybridized carbons (Fsp3) is 0.381. The van der Waals surface area contributed by atoms with Crippen LogP contribution in [0.4, 0.5) is 0 Å². The molecule has 1 unspecified atom stereocenters. The van der Waals surface area contributed by atoms with Crippen molar-refractivity contribution in [3.63, 3.8) is 0 Å². The molecule has 4 rings (SSSR count). The van der Waals surface area contributed by atoms with Crippen LogP contribution in [0.1, 0.15) is 24.9 Å². The Kier molecular flexibility index (Phi) is 6.22. The van der Waals surface area contributed by atoms with Gasteiger partial charge in [-0.15, -0.1) is 11.3 Å². The molecule has 2 aromatic heterocycles. The summed E-state index contributed by atoms with van der Waals surface area (Å²) in [7, 11) is 0. The first-order valence-corrected chi connectivity index (χ1v) is 11.2. The lowest BCUT2D eigenvalue weighted by Gasteiger charge is -2.25. The van der Waals surface area contributed by atoms with Crippen molar-refractivity contribution in [2.75, 3.05) is 26.2 Å². The molecule has 0 saturated carbocycles. The molecule has 29 heavy (non-hydrogen) atoms. The minimum Gasteiger partial charge on any atom is -0.340 e. The van der Waals surface area contributed by atoms with E-state index in [0.29, 0.717) is 4.77 Å². The maximum Gasteiger partial charge on any atom is 0.245 e. The van der Waals surface area contributed by atoms with Gasteiger partial charge in [0.05, 0.1) is 4.88 Å². The van der Waals surface area contributed by atoms with Crippen molar-refractivity contribution in [3.8, 4) is 10.7 Å². The van der Waals surface area contributed by atoms with Crippen LogP contribution >= 0.6 is 23.6 Å². The molecule has 6 nitrogen and oxygen atoms in total. The van der Waals surface area contributed by atoms with E-state index in [1.54, 1.807) is 11.3 Å². The number of rotatable bonds is 5. The third-order valence-electron chi connectivity index (χ3n) is 5.34. The summed E-state index contributed by atoms with van der Waals surface area (Å²) in [6.45, 7) is 6.22. The molecule has 0 spiro atoms. The zero-order chi connectivity index (χ0) is 20.2. The molecule has 0 aliphatic carbocycles. The van der Waals surface area contributed by atoms with Gasteiger partial charge in [0.25, 0.3) is 0 Å². The molecule has 1 amide bonds. The SMILES string of the molecule is CC(C(=O)N1CCCN(Cc2ccccc2)CC1)n1c(-c2cccs2)n[nH]c1=S. The number of amides is 1. The lowest BCUT2D eigenvalue weighted by atomic mass is 10.2. The summed E-state index contributed by atoms with van der Waals surface area (Å²) in [6, 6.07) is 14.1. The van der Waals surface area contributed by atoms with Crippen LogP contribution in [0.3, 0.4) is 0 Å². The molecule has 1 N–H and O–H groups in total. The highest BCUT2D eigenvalue weighted by atomic mass is 32.1. The smallest absolute Gasteiger partial charge is 0.245 e. The molecule has 152 valence electrons. The van der Waals surface area contributed by atoms with Crippen molar-refractivity contribution < 1.29 is 4.79 Å². The van der Waals surface area contributed by atoms with Gasteiger partial charge in [-0.2, -0.15) is 5.10 Å². The molecule has 1 atom stereocenters. The molecule has 1 fully saturated rings. The van der Waals surface area contributed by atoms with Crippen molar-refractivity contribution in [2.45, 2.75) is 25.9 Å². The number of carbonyl (C=O) groups excluding carboxylic acids is 1. The monoisotopic (exact) mass is 427 g/mol. The highest BCUT2D eigenvalue weighted by Gasteiger charge is 2.27. The number of carbonyl (C=O) groups is 1. The quantitative estimate of drug-likeness (QED) is 0.626. The maximum absolute atomic E-state index is 13.3. The maximum atomic E-state index is 13.3. The van der Waals surface area contributed by atoms with E-state index in [0.717, 1.165) is 49.8 Å². The van der Waals surface area contributed by atoms with Crippen LogP contribution in [0.25, 0.3) is 10.7 Å². The summed E-state index contributed by atoms with van der Waals surface area (Å²) in [4.78, 5) is 18.7. The second-order valence-electron chi connectivity index (χ2n) is 7.32. The Morgan fingerprint density at radius 2 is 2.00 bits per heavy atom. The molecule has 0 bridgehead atoms. The lowest BCUT2D eigenvalue weighted by Crippen LogP contribution is -2.39. The third kappa shape index (κ3) is 4.49. The predicted molar refractivity (Wildman–Crippen MR) is 118 cm³/mol. The summed E-state index contributed by atoms with van der Waals surface area (Å²) in [5.74, 6) is 0.827. The van der Waals surface area contributed by atoms with Crippen LogP contribution in [0.2, 0.25) is 0 Å². The second-order valence-corrected chi connectivity index (χ2v) is 8.65. The number of nitrogens with one attached hydrogen (secondary N) is 1. The molecule has 3 heterocycles. The van der Waals surface area contributed by atoms with Crippen molar-refractivity contribution in [1.82, 2.24) is 24.6 Å². The number of benzene rings is 1. The van der Waals surface area contributed by atoms with Crippen molar-refractivity contribution in [3.05, 3.63) is 58.2 Å². The number of hydrogen-bond acceptors (Lipinski definition) is 5. The average molecular weight is 428 g/mol. The molecule has 1 saturated heterocycles. The topological polar surface area (TPSA) is 57.2 Å². The van der Waals surface area contributed by atoms with Gasteiger partial charge in [-0.05, 0) is 42.6 Å². The van der Waals surface area contributed by atoms with Crippen LogP contribution in [0, 0.1) is 4.77 Å². The Hall–Kier alpha value is -2.29. The summed E-state index contributed by atoms with van der Waals surface area (Å²) in [5, 5.41) is 9.22. The van der Waals surface area contributed by atoms with E-state index in [4.69, 9.17) is 12.2 Å². The molecule has 1 aliphatic rings. The first kappa shape index (κ1) is 20.0. The second kappa shape index (κ2) is 9.02. The predicted octanol–water partition coefficient (Wildman–Crippen LogP) is 3.96. The highest BCUT2D eigenvalue weighted by molar-refractivity contribution is 7.71. The van der Waals surface area contributed by atoms with Crippen molar-refractivity contribution >= 4 is 29.5 Å². The molecular weight excluding hydrogens is 402 g/mol. The van der Waals surface area contributed by atoms with Crippen LogP contribution in [-0.2, 0) is 11.3 Å². The molecule has 0 radical (unpaired) electrons. The molecule has 1 aromatic carbocycles. The zero-order valence-electron chi connectivity index (χ0n) is 16.5. The largest absolute Gasteiger partial charge is 0.340 e. The number of aromatic nitrogens is 3. The van der Waals surface area contributed by atoms with Gasteiger partial charge >= 0.3 is 0 Å². The summed E-state index contributed by atoms with van der Waals surface area (Å²) in [6.07, 6.45) is 0.972. The van der Waals surface area contributed by atoms with Crippen LogP contribution in [0.5, 0.6) is 0 Å².